The summed E-state index contributed by atoms with van der Waals surface area (Å²) in [7, 11) is 1.59. The van der Waals surface area contributed by atoms with Gasteiger partial charge in [-0.15, -0.1) is 0 Å². The van der Waals surface area contributed by atoms with E-state index in [-0.39, 0.29) is 0 Å². The topological polar surface area (TPSA) is 61.8 Å². The van der Waals surface area contributed by atoms with Gasteiger partial charge in [-0.3, -0.25) is 0 Å². The predicted molar refractivity (Wildman–Crippen MR) is 78.7 cm³/mol. The van der Waals surface area contributed by atoms with Crippen LogP contribution in [-0.4, -0.2) is 19.0 Å². The molecule has 0 amide bonds. The number of aryl methyl sites for hydroxylation is 2. The van der Waals surface area contributed by atoms with Gasteiger partial charge >= 0.3 is 120 Å². The van der Waals surface area contributed by atoms with E-state index in [0.29, 0.717) is 0 Å². The van der Waals surface area contributed by atoms with Crippen molar-refractivity contribution in [2.24, 2.45) is 0 Å². The van der Waals surface area contributed by atoms with E-state index in [1.165, 1.54) is 13.8 Å². The number of halogens is 1. The van der Waals surface area contributed by atoms with Gasteiger partial charge in [0.1, 0.15) is 0 Å². The fraction of sp³-hybridized carbons (Fsp3) is 0.385. The van der Waals surface area contributed by atoms with Crippen LogP contribution in [0.4, 0.5) is 0 Å². The standard InChI is InChI=1S/C13H17IO5/c1-8-6-12(17-5)7-9(2)13(8)14(18-10(3)15)19-11(4)16/h6-7H,1-5H3. The van der Waals surface area contributed by atoms with Crippen molar-refractivity contribution >= 4 is 32.6 Å². The van der Waals surface area contributed by atoms with Gasteiger partial charge in [0.2, 0.25) is 0 Å². The van der Waals surface area contributed by atoms with Crippen LogP contribution in [0.5, 0.6) is 5.75 Å². The van der Waals surface area contributed by atoms with Crippen LogP contribution >= 0.6 is 20.6 Å². The van der Waals surface area contributed by atoms with Crippen LogP contribution < -0.4 is 4.74 Å². The molecular weight excluding hydrogens is 363 g/mol. The van der Waals surface area contributed by atoms with Gasteiger partial charge in [0.15, 0.2) is 0 Å². The van der Waals surface area contributed by atoms with E-state index < -0.39 is 32.6 Å². The summed E-state index contributed by atoms with van der Waals surface area (Å²) in [4.78, 5) is 22.3. The van der Waals surface area contributed by atoms with Gasteiger partial charge < -0.3 is 0 Å². The molecule has 0 saturated heterocycles. The Bertz CT molecular complexity index is 459. The molecule has 0 aliphatic carbocycles. The van der Waals surface area contributed by atoms with Crippen molar-refractivity contribution in [2.45, 2.75) is 27.7 Å². The van der Waals surface area contributed by atoms with Gasteiger partial charge in [0, 0.05) is 0 Å². The van der Waals surface area contributed by atoms with E-state index >= 15 is 0 Å². The van der Waals surface area contributed by atoms with Gasteiger partial charge in [0.25, 0.3) is 0 Å². The zero-order chi connectivity index (χ0) is 14.6. The molecule has 1 aromatic rings. The van der Waals surface area contributed by atoms with Crippen LogP contribution in [0.15, 0.2) is 12.1 Å². The Labute approximate surface area is 120 Å². The minimum atomic E-state index is -2.77. The molecule has 0 fully saturated rings. The number of hydrogen-bond donors (Lipinski definition) is 0. The number of ether oxygens (including phenoxy) is 1. The first-order valence-corrected chi connectivity index (χ1v) is 8.42. The van der Waals surface area contributed by atoms with Crippen LogP contribution in [0.2, 0.25) is 0 Å². The molecule has 19 heavy (non-hydrogen) atoms. The molecule has 106 valence electrons. The summed E-state index contributed by atoms with van der Waals surface area (Å²) < 4.78 is 16.4. The number of methoxy groups -OCH3 is 1. The maximum absolute atomic E-state index is 11.2. The van der Waals surface area contributed by atoms with E-state index in [4.69, 9.17) is 10.9 Å². The van der Waals surface area contributed by atoms with E-state index in [1.54, 1.807) is 7.11 Å². The summed E-state index contributed by atoms with van der Waals surface area (Å²) in [6, 6.07) is 3.67. The molecule has 0 spiro atoms. The van der Waals surface area contributed by atoms with Crippen LogP contribution in [0, 0.1) is 17.4 Å². The van der Waals surface area contributed by atoms with E-state index in [0.717, 1.165) is 20.4 Å². The van der Waals surface area contributed by atoms with E-state index in [9.17, 15) is 9.59 Å². The zero-order valence-electron chi connectivity index (χ0n) is 11.6. The number of carbonyl (C=O) groups excluding carboxylic acids is 2. The summed E-state index contributed by atoms with van der Waals surface area (Å²) >= 11 is -2.77. The molecule has 1 aromatic carbocycles. The molecule has 0 saturated carbocycles. The summed E-state index contributed by atoms with van der Waals surface area (Å²) in [5.41, 5.74) is 1.79. The fourth-order valence-electron chi connectivity index (χ4n) is 1.56. The second kappa shape index (κ2) is 6.74. The van der Waals surface area contributed by atoms with Gasteiger partial charge in [0.05, 0.1) is 0 Å². The van der Waals surface area contributed by atoms with Gasteiger partial charge in [-0.05, 0) is 0 Å². The number of hydrogen-bond acceptors (Lipinski definition) is 5. The molecule has 0 aliphatic rings. The first-order valence-electron chi connectivity index (χ1n) is 5.58. The Morgan fingerprint density at radius 3 is 1.74 bits per heavy atom. The molecule has 0 heterocycles. The third-order valence-corrected chi connectivity index (χ3v) is 6.78. The molecule has 0 aliphatic heterocycles. The van der Waals surface area contributed by atoms with Crippen molar-refractivity contribution < 1.29 is 20.5 Å². The fourth-order valence-corrected chi connectivity index (χ4v) is 4.92. The van der Waals surface area contributed by atoms with Crippen molar-refractivity contribution in [3.8, 4) is 5.75 Å². The number of carbonyl (C=O) groups is 2. The zero-order valence-corrected chi connectivity index (χ0v) is 13.7. The average molecular weight is 380 g/mol. The summed E-state index contributed by atoms with van der Waals surface area (Å²) in [5.74, 6) is -0.164. The average Bonchev–Trinajstić information content (AvgIpc) is 2.25. The molecule has 0 N–H and O–H groups in total. The Kier molecular flexibility index (Phi) is 5.59. The van der Waals surface area contributed by atoms with Crippen LogP contribution in [0.1, 0.15) is 25.0 Å². The van der Waals surface area contributed by atoms with Crippen LogP contribution in [-0.2, 0) is 15.7 Å². The Morgan fingerprint density at radius 2 is 1.42 bits per heavy atom. The molecule has 5 nitrogen and oxygen atoms in total. The van der Waals surface area contributed by atoms with E-state index in [1.807, 2.05) is 26.0 Å². The normalized spacial score (nSPS) is 10.7. The Balaban J connectivity index is 3.21. The number of rotatable bonds is 4. The first-order chi connectivity index (χ1) is 8.85. The second-order valence-corrected chi connectivity index (χ2v) is 7.13. The second-order valence-electron chi connectivity index (χ2n) is 3.93. The minimum absolute atomic E-state index is 0.443. The molecular formula is C13H17IO5. The summed E-state index contributed by atoms with van der Waals surface area (Å²) in [6.07, 6.45) is 0. The monoisotopic (exact) mass is 380 g/mol. The van der Waals surface area contributed by atoms with Gasteiger partial charge in [-0.2, -0.15) is 0 Å². The SMILES string of the molecule is COc1cc(C)c(I(OC(C)=O)OC(C)=O)c(C)c1. The van der Waals surface area contributed by atoms with Crippen LogP contribution in [0.3, 0.4) is 0 Å². The molecule has 0 atom stereocenters. The molecule has 0 radical (unpaired) electrons. The van der Waals surface area contributed by atoms with Crippen molar-refractivity contribution in [1.82, 2.24) is 0 Å². The number of benzene rings is 1. The quantitative estimate of drug-likeness (QED) is 0.752. The molecule has 0 unspecified atom stereocenters. The third-order valence-electron chi connectivity index (χ3n) is 2.16. The van der Waals surface area contributed by atoms with Crippen molar-refractivity contribution in [3.05, 3.63) is 26.8 Å². The molecule has 0 aromatic heterocycles. The molecule has 1 rings (SSSR count). The van der Waals surface area contributed by atoms with Gasteiger partial charge in [-0.25, -0.2) is 0 Å². The van der Waals surface area contributed by atoms with Crippen molar-refractivity contribution in [3.63, 3.8) is 0 Å². The maximum atomic E-state index is 11.2. The summed E-state index contributed by atoms with van der Waals surface area (Å²) in [6.45, 7) is 6.37. The predicted octanol–water partition coefficient (Wildman–Crippen LogP) is 2.94. The Morgan fingerprint density at radius 1 is 1.00 bits per heavy atom. The van der Waals surface area contributed by atoms with Gasteiger partial charge in [-0.1, -0.05) is 0 Å². The van der Waals surface area contributed by atoms with Crippen LogP contribution in [0.25, 0.3) is 0 Å². The van der Waals surface area contributed by atoms with E-state index in [2.05, 4.69) is 0 Å². The van der Waals surface area contributed by atoms with Crippen molar-refractivity contribution in [1.29, 1.82) is 0 Å². The summed E-state index contributed by atoms with van der Waals surface area (Å²) in [5, 5.41) is 0. The third kappa shape index (κ3) is 4.38. The van der Waals surface area contributed by atoms with Crippen molar-refractivity contribution in [2.75, 3.05) is 7.11 Å². The Hall–Kier alpha value is -1.31. The molecule has 0 bridgehead atoms. The first kappa shape index (κ1) is 15.7. The molecule has 6 heteroatoms.